The number of hydrogen-bond acceptors (Lipinski definition) is 8. The smallest absolute Gasteiger partial charge is 0.341 e. The molecule has 0 bridgehead atoms. The molecule has 0 fully saturated rings. The molecule has 0 spiro atoms. The van der Waals surface area contributed by atoms with Crippen molar-refractivity contribution < 1.29 is 14.3 Å². The number of methoxy groups -OCH3 is 1. The summed E-state index contributed by atoms with van der Waals surface area (Å²) in [7, 11) is 1.28. The fraction of sp³-hybridized carbons (Fsp3) is 0.111. The fourth-order valence-electron chi connectivity index (χ4n) is 2.55. The summed E-state index contributed by atoms with van der Waals surface area (Å²) in [6.07, 6.45) is 4.46. The van der Waals surface area contributed by atoms with E-state index in [0.29, 0.717) is 17.3 Å². The van der Waals surface area contributed by atoms with Crippen LogP contribution < -0.4 is 5.32 Å². The molecule has 0 aliphatic heterocycles. The van der Waals surface area contributed by atoms with Crippen molar-refractivity contribution in [1.29, 1.82) is 0 Å². The molecule has 10 heteroatoms. The minimum atomic E-state index is -0.512. The molecule has 4 heterocycles. The third-order valence-electron chi connectivity index (χ3n) is 3.84. The first-order valence-electron chi connectivity index (χ1n) is 8.21. The van der Waals surface area contributed by atoms with E-state index in [1.807, 2.05) is 23.6 Å². The van der Waals surface area contributed by atoms with Crippen molar-refractivity contribution in [3.05, 3.63) is 53.8 Å². The van der Waals surface area contributed by atoms with Gasteiger partial charge in [0.25, 0.3) is 0 Å². The van der Waals surface area contributed by atoms with Gasteiger partial charge in [-0.1, -0.05) is 6.07 Å². The number of fused-ring (bicyclic) bond motifs is 1. The number of thiophene rings is 1. The van der Waals surface area contributed by atoms with Crippen molar-refractivity contribution in [2.24, 2.45) is 0 Å². The lowest BCUT2D eigenvalue weighted by Crippen LogP contribution is -2.20. The molecule has 0 aromatic carbocycles. The van der Waals surface area contributed by atoms with E-state index in [1.165, 1.54) is 35.5 Å². The van der Waals surface area contributed by atoms with Crippen LogP contribution in [0.4, 0.5) is 5.82 Å². The number of ether oxygens (including phenoxy) is 1. The summed E-state index contributed by atoms with van der Waals surface area (Å²) in [6.45, 7) is -0.0778. The standard InChI is InChI=1S/C18H14N6O3S/c1-27-18(26)11-8-20-24(9-11)10-14(25)21-15-12-5-7-28-17(12)23-16(22-15)13-4-2-3-6-19-13/h2-9H,10H2,1H3,(H,21,22,23,25). The van der Waals surface area contributed by atoms with E-state index < -0.39 is 5.97 Å². The fourth-order valence-corrected chi connectivity index (χ4v) is 3.32. The maximum atomic E-state index is 12.5. The average molecular weight is 394 g/mol. The number of pyridine rings is 1. The summed E-state index contributed by atoms with van der Waals surface area (Å²) >= 11 is 1.45. The van der Waals surface area contributed by atoms with Crippen LogP contribution in [0.1, 0.15) is 10.4 Å². The SMILES string of the molecule is COC(=O)c1cnn(CC(=O)Nc2nc(-c3ccccn3)nc3sccc23)c1. The number of esters is 1. The zero-order chi connectivity index (χ0) is 19.5. The van der Waals surface area contributed by atoms with Crippen LogP contribution in [0.15, 0.2) is 48.2 Å². The lowest BCUT2D eigenvalue weighted by Gasteiger charge is -2.08. The number of amides is 1. The van der Waals surface area contributed by atoms with Gasteiger partial charge in [0.15, 0.2) is 5.82 Å². The van der Waals surface area contributed by atoms with E-state index in [0.717, 1.165) is 10.2 Å². The van der Waals surface area contributed by atoms with Crippen molar-refractivity contribution in [1.82, 2.24) is 24.7 Å². The Labute approximate surface area is 163 Å². The Balaban J connectivity index is 1.58. The van der Waals surface area contributed by atoms with Crippen LogP contribution in [0, 0.1) is 0 Å². The first-order valence-corrected chi connectivity index (χ1v) is 9.09. The van der Waals surface area contributed by atoms with Crippen LogP contribution in [0.3, 0.4) is 0 Å². The number of nitrogens with one attached hydrogen (secondary N) is 1. The Hall–Kier alpha value is -3.66. The minimum Gasteiger partial charge on any atom is -0.465 e. The second-order valence-corrected chi connectivity index (χ2v) is 6.61. The molecule has 28 heavy (non-hydrogen) atoms. The van der Waals surface area contributed by atoms with Gasteiger partial charge in [-0.05, 0) is 23.6 Å². The molecule has 4 aromatic rings. The molecule has 0 atom stereocenters. The van der Waals surface area contributed by atoms with Gasteiger partial charge in [0, 0.05) is 12.4 Å². The van der Waals surface area contributed by atoms with Crippen LogP contribution in [-0.4, -0.2) is 43.7 Å². The highest BCUT2D eigenvalue weighted by Crippen LogP contribution is 2.27. The average Bonchev–Trinajstić information content (AvgIpc) is 3.37. The normalized spacial score (nSPS) is 10.8. The van der Waals surface area contributed by atoms with Crippen LogP contribution in [0.2, 0.25) is 0 Å². The van der Waals surface area contributed by atoms with Gasteiger partial charge in [0.1, 0.15) is 22.9 Å². The summed E-state index contributed by atoms with van der Waals surface area (Å²) in [6, 6.07) is 7.31. The van der Waals surface area contributed by atoms with Gasteiger partial charge in [-0.3, -0.25) is 14.5 Å². The first-order chi connectivity index (χ1) is 13.6. The summed E-state index contributed by atoms with van der Waals surface area (Å²) in [4.78, 5) is 38.0. The highest BCUT2D eigenvalue weighted by Gasteiger charge is 2.15. The first kappa shape index (κ1) is 17.7. The number of carbonyl (C=O) groups is 2. The Kier molecular flexibility index (Phi) is 4.77. The molecule has 0 unspecified atom stereocenters. The highest BCUT2D eigenvalue weighted by molar-refractivity contribution is 7.16. The molecular formula is C18H14N6O3S. The molecule has 4 aromatic heterocycles. The molecule has 0 aliphatic rings. The second kappa shape index (κ2) is 7.53. The van der Waals surface area contributed by atoms with E-state index in [9.17, 15) is 9.59 Å². The predicted molar refractivity (Wildman–Crippen MR) is 103 cm³/mol. The van der Waals surface area contributed by atoms with Gasteiger partial charge in [-0.25, -0.2) is 14.8 Å². The molecule has 0 saturated carbocycles. The van der Waals surface area contributed by atoms with Crippen LogP contribution in [0.25, 0.3) is 21.7 Å². The van der Waals surface area contributed by atoms with Crippen molar-refractivity contribution in [2.45, 2.75) is 6.54 Å². The number of aromatic nitrogens is 5. The quantitative estimate of drug-likeness (QED) is 0.517. The second-order valence-electron chi connectivity index (χ2n) is 5.72. The monoisotopic (exact) mass is 394 g/mol. The van der Waals surface area contributed by atoms with Gasteiger partial charge in [-0.2, -0.15) is 5.10 Å². The Morgan fingerprint density at radius 1 is 1.25 bits per heavy atom. The summed E-state index contributed by atoms with van der Waals surface area (Å²) in [5.74, 6) is -0.0182. The molecule has 4 rings (SSSR count). The van der Waals surface area contributed by atoms with Gasteiger partial charge in [0.2, 0.25) is 5.91 Å². The number of hydrogen-bond donors (Lipinski definition) is 1. The minimum absolute atomic E-state index is 0.0778. The van der Waals surface area contributed by atoms with Crippen molar-refractivity contribution in [2.75, 3.05) is 12.4 Å². The summed E-state index contributed by atoms with van der Waals surface area (Å²) in [5.41, 5.74) is 0.887. The molecule has 0 radical (unpaired) electrons. The molecule has 1 amide bonds. The maximum absolute atomic E-state index is 12.5. The van der Waals surface area contributed by atoms with Crippen LogP contribution in [0.5, 0.6) is 0 Å². The largest absolute Gasteiger partial charge is 0.465 e. The van der Waals surface area contributed by atoms with Gasteiger partial charge < -0.3 is 10.1 Å². The zero-order valence-corrected chi connectivity index (χ0v) is 15.5. The van der Waals surface area contributed by atoms with Gasteiger partial charge in [-0.15, -0.1) is 11.3 Å². The molecule has 140 valence electrons. The summed E-state index contributed by atoms with van der Waals surface area (Å²) < 4.78 is 5.98. The van der Waals surface area contributed by atoms with Crippen molar-refractivity contribution in [3.63, 3.8) is 0 Å². The molecule has 0 saturated heterocycles. The van der Waals surface area contributed by atoms with Crippen molar-refractivity contribution >= 4 is 39.2 Å². The third kappa shape index (κ3) is 3.58. The highest BCUT2D eigenvalue weighted by atomic mass is 32.1. The third-order valence-corrected chi connectivity index (χ3v) is 4.64. The van der Waals surface area contributed by atoms with Gasteiger partial charge >= 0.3 is 5.97 Å². The molecular weight excluding hydrogens is 380 g/mol. The van der Waals surface area contributed by atoms with E-state index in [2.05, 4.69) is 30.1 Å². The number of anilines is 1. The zero-order valence-electron chi connectivity index (χ0n) is 14.7. The lowest BCUT2D eigenvalue weighted by atomic mass is 10.3. The Bertz CT molecular complexity index is 1150. The molecule has 0 aliphatic carbocycles. The van der Waals surface area contributed by atoms with Crippen LogP contribution >= 0.6 is 11.3 Å². The van der Waals surface area contributed by atoms with Crippen molar-refractivity contribution in [3.8, 4) is 11.5 Å². The topological polar surface area (TPSA) is 112 Å². The molecule has 1 N–H and O–H groups in total. The maximum Gasteiger partial charge on any atom is 0.341 e. The predicted octanol–water partition coefficient (Wildman–Crippen LogP) is 2.38. The lowest BCUT2D eigenvalue weighted by molar-refractivity contribution is -0.116. The number of nitrogens with zero attached hydrogens (tertiary/aromatic N) is 5. The Morgan fingerprint density at radius 3 is 2.93 bits per heavy atom. The van der Waals surface area contributed by atoms with E-state index in [4.69, 9.17) is 0 Å². The number of rotatable bonds is 5. The van der Waals surface area contributed by atoms with E-state index in [1.54, 1.807) is 12.3 Å². The number of carbonyl (C=O) groups excluding carboxylic acids is 2. The Morgan fingerprint density at radius 2 is 2.14 bits per heavy atom. The van der Waals surface area contributed by atoms with Gasteiger partial charge in [0.05, 0.1) is 24.3 Å². The molecule has 9 nitrogen and oxygen atoms in total. The van der Waals surface area contributed by atoms with E-state index in [-0.39, 0.29) is 18.0 Å². The van der Waals surface area contributed by atoms with E-state index >= 15 is 0 Å². The van der Waals surface area contributed by atoms with Crippen LogP contribution in [-0.2, 0) is 16.1 Å². The summed E-state index contributed by atoms with van der Waals surface area (Å²) in [5, 5.41) is 9.42.